The predicted molar refractivity (Wildman–Crippen MR) is 78.5 cm³/mol. The fourth-order valence-electron chi connectivity index (χ4n) is 1.80. The first-order valence-corrected chi connectivity index (χ1v) is 6.57. The number of hydrogen-bond donors (Lipinski definition) is 1. The van der Waals surface area contributed by atoms with Crippen LogP contribution >= 0.6 is 11.6 Å². The Kier molecular flexibility index (Phi) is 3.65. The molecule has 0 aliphatic rings. The third-order valence-electron chi connectivity index (χ3n) is 2.79. The number of nitrogens with zero attached hydrogens (tertiary/aromatic N) is 2. The van der Waals surface area contributed by atoms with Gasteiger partial charge in [0.25, 0.3) is 0 Å². The van der Waals surface area contributed by atoms with Crippen molar-refractivity contribution in [2.45, 2.75) is 6.54 Å². The van der Waals surface area contributed by atoms with E-state index in [0.29, 0.717) is 23.3 Å². The van der Waals surface area contributed by atoms with Gasteiger partial charge in [-0.3, -0.25) is 0 Å². The van der Waals surface area contributed by atoms with E-state index in [4.69, 9.17) is 16.0 Å². The van der Waals surface area contributed by atoms with Crippen LogP contribution in [0.25, 0.3) is 11.5 Å². The van der Waals surface area contributed by atoms with E-state index in [9.17, 15) is 0 Å². The highest BCUT2D eigenvalue weighted by Crippen LogP contribution is 2.22. The maximum absolute atomic E-state index is 6.06. The van der Waals surface area contributed by atoms with Gasteiger partial charge in [-0.1, -0.05) is 41.9 Å². The van der Waals surface area contributed by atoms with Crippen molar-refractivity contribution in [3.8, 4) is 11.5 Å². The van der Waals surface area contributed by atoms with Crippen molar-refractivity contribution in [1.29, 1.82) is 0 Å². The maximum Gasteiger partial charge on any atom is 0.247 e. The van der Waals surface area contributed by atoms with Crippen LogP contribution in [0, 0.1) is 0 Å². The quantitative estimate of drug-likeness (QED) is 0.787. The number of benzene rings is 2. The summed E-state index contributed by atoms with van der Waals surface area (Å²) in [5.41, 5.74) is 1.75. The van der Waals surface area contributed by atoms with E-state index in [2.05, 4.69) is 15.5 Å². The van der Waals surface area contributed by atoms with Gasteiger partial charge in [-0.2, -0.15) is 0 Å². The van der Waals surface area contributed by atoms with Crippen molar-refractivity contribution in [2.75, 3.05) is 5.32 Å². The molecule has 2 aromatic carbocycles. The van der Waals surface area contributed by atoms with Gasteiger partial charge in [0.1, 0.15) is 0 Å². The molecular formula is C15H12ClN3O. The molecular weight excluding hydrogens is 274 g/mol. The van der Waals surface area contributed by atoms with Crippen molar-refractivity contribution in [3.63, 3.8) is 0 Å². The van der Waals surface area contributed by atoms with E-state index in [1.54, 1.807) is 0 Å². The highest BCUT2D eigenvalue weighted by atomic mass is 35.5. The average molecular weight is 286 g/mol. The largest absolute Gasteiger partial charge is 0.419 e. The molecule has 0 amide bonds. The molecule has 0 radical (unpaired) electrons. The second-order valence-corrected chi connectivity index (χ2v) is 4.61. The van der Waals surface area contributed by atoms with Gasteiger partial charge in [-0.05, 0) is 24.3 Å². The molecule has 0 fully saturated rings. The van der Waals surface area contributed by atoms with Crippen molar-refractivity contribution in [2.24, 2.45) is 0 Å². The van der Waals surface area contributed by atoms with Crippen molar-refractivity contribution in [1.82, 2.24) is 10.2 Å². The van der Waals surface area contributed by atoms with Crippen LogP contribution < -0.4 is 5.32 Å². The van der Waals surface area contributed by atoms with Crippen LogP contribution in [0.5, 0.6) is 0 Å². The summed E-state index contributed by atoms with van der Waals surface area (Å²) < 4.78 is 5.60. The predicted octanol–water partition coefficient (Wildman–Crippen LogP) is 4.00. The van der Waals surface area contributed by atoms with Gasteiger partial charge in [-0.25, -0.2) is 0 Å². The number of anilines is 1. The molecule has 0 saturated heterocycles. The van der Waals surface area contributed by atoms with Crippen LogP contribution in [-0.4, -0.2) is 10.2 Å². The molecule has 3 aromatic rings. The van der Waals surface area contributed by atoms with Gasteiger partial charge in [-0.15, -0.1) is 10.2 Å². The van der Waals surface area contributed by atoms with E-state index in [1.807, 2.05) is 54.6 Å². The standard InChI is InChI=1S/C15H12ClN3O/c16-12-8-4-5-9-13(12)17-10-14-18-19-15(20-14)11-6-2-1-3-7-11/h1-9,17H,10H2. The molecule has 0 bridgehead atoms. The van der Waals surface area contributed by atoms with Gasteiger partial charge in [0, 0.05) is 5.56 Å². The van der Waals surface area contributed by atoms with Gasteiger partial charge in [0.2, 0.25) is 11.8 Å². The fraction of sp³-hybridized carbons (Fsp3) is 0.0667. The number of rotatable bonds is 4. The van der Waals surface area contributed by atoms with E-state index < -0.39 is 0 Å². The molecule has 1 aromatic heterocycles. The number of para-hydroxylation sites is 1. The number of nitrogens with one attached hydrogen (secondary N) is 1. The van der Waals surface area contributed by atoms with Crippen LogP contribution in [-0.2, 0) is 6.54 Å². The Balaban J connectivity index is 1.71. The third-order valence-corrected chi connectivity index (χ3v) is 3.12. The summed E-state index contributed by atoms with van der Waals surface area (Å²) in [5.74, 6) is 1.03. The second kappa shape index (κ2) is 5.75. The SMILES string of the molecule is Clc1ccccc1NCc1nnc(-c2ccccc2)o1. The number of halogens is 1. The topological polar surface area (TPSA) is 51.0 Å². The summed E-state index contributed by atoms with van der Waals surface area (Å²) in [6.07, 6.45) is 0. The minimum Gasteiger partial charge on any atom is -0.419 e. The van der Waals surface area contributed by atoms with E-state index in [1.165, 1.54) is 0 Å². The summed E-state index contributed by atoms with van der Waals surface area (Å²) in [6.45, 7) is 0.434. The lowest BCUT2D eigenvalue weighted by atomic mass is 10.2. The molecule has 1 heterocycles. The summed E-state index contributed by atoms with van der Waals surface area (Å²) >= 11 is 6.06. The van der Waals surface area contributed by atoms with Crippen LogP contribution in [0.4, 0.5) is 5.69 Å². The Morgan fingerprint density at radius 3 is 2.50 bits per heavy atom. The molecule has 0 spiro atoms. The first kappa shape index (κ1) is 12.7. The van der Waals surface area contributed by atoms with Crippen molar-refractivity contribution in [3.05, 3.63) is 65.5 Å². The summed E-state index contributed by atoms with van der Waals surface area (Å²) in [7, 11) is 0. The molecule has 0 aliphatic heterocycles. The summed E-state index contributed by atoms with van der Waals surface area (Å²) in [4.78, 5) is 0. The van der Waals surface area contributed by atoms with Crippen LogP contribution in [0.15, 0.2) is 59.0 Å². The van der Waals surface area contributed by atoms with Gasteiger partial charge in [0.15, 0.2) is 0 Å². The van der Waals surface area contributed by atoms with E-state index in [-0.39, 0.29) is 0 Å². The minimum atomic E-state index is 0.434. The molecule has 0 saturated carbocycles. The molecule has 3 rings (SSSR count). The molecule has 1 N–H and O–H groups in total. The monoisotopic (exact) mass is 285 g/mol. The van der Waals surface area contributed by atoms with E-state index in [0.717, 1.165) is 11.3 Å². The van der Waals surface area contributed by atoms with Crippen LogP contribution in [0.1, 0.15) is 5.89 Å². The lowest BCUT2D eigenvalue weighted by molar-refractivity contribution is 0.515. The zero-order valence-electron chi connectivity index (χ0n) is 10.6. The Bertz CT molecular complexity index is 697. The molecule has 20 heavy (non-hydrogen) atoms. The van der Waals surface area contributed by atoms with Crippen molar-refractivity contribution < 1.29 is 4.42 Å². The van der Waals surface area contributed by atoms with E-state index >= 15 is 0 Å². The summed E-state index contributed by atoms with van der Waals surface area (Å²) in [6, 6.07) is 17.2. The Hall–Kier alpha value is -2.33. The molecule has 100 valence electrons. The average Bonchev–Trinajstić information content (AvgIpc) is 2.96. The summed E-state index contributed by atoms with van der Waals surface area (Å²) in [5, 5.41) is 11.9. The Labute approximate surface area is 121 Å². The zero-order chi connectivity index (χ0) is 13.8. The Morgan fingerprint density at radius 2 is 1.70 bits per heavy atom. The Morgan fingerprint density at radius 1 is 0.950 bits per heavy atom. The number of hydrogen-bond acceptors (Lipinski definition) is 4. The first-order valence-electron chi connectivity index (χ1n) is 6.19. The maximum atomic E-state index is 6.06. The normalized spacial score (nSPS) is 10.4. The lowest BCUT2D eigenvalue weighted by Gasteiger charge is -2.04. The number of aromatic nitrogens is 2. The molecule has 4 nitrogen and oxygen atoms in total. The van der Waals surface area contributed by atoms with Crippen LogP contribution in [0.2, 0.25) is 5.02 Å². The third kappa shape index (κ3) is 2.81. The first-order chi connectivity index (χ1) is 9.83. The van der Waals surface area contributed by atoms with Gasteiger partial charge < -0.3 is 9.73 Å². The minimum absolute atomic E-state index is 0.434. The van der Waals surface area contributed by atoms with Gasteiger partial charge >= 0.3 is 0 Å². The zero-order valence-corrected chi connectivity index (χ0v) is 11.3. The fourth-order valence-corrected chi connectivity index (χ4v) is 2.00. The lowest BCUT2D eigenvalue weighted by Crippen LogP contribution is -1.99. The highest BCUT2D eigenvalue weighted by molar-refractivity contribution is 6.33. The molecule has 0 aliphatic carbocycles. The second-order valence-electron chi connectivity index (χ2n) is 4.20. The molecule has 0 atom stereocenters. The van der Waals surface area contributed by atoms with Crippen LogP contribution in [0.3, 0.4) is 0 Å². The smallest absolute Gasteiger partial charge is 0.247 e. The highest BCUT2D eigenvalue weighted by Gasteiger charge is 2.08. The molecule has 0 unspecified atom stereocenters. The molecule has 5 heteroatoms. The van der Waals surface area contributed by atoms with Gasteiger partial charge in [0.05, 0.1) is 17.3 Å². The van der Waals surface area contributed by atoms with Crippen molar-refractivity contribution >= 4 is 17.3 Å².